The fourth-order valence-electron chi connectivity index (χ4n) is 2.56. The van der Waals surface area contributed by atoms with Crippen LogP contribution in [0.2, 0.25) is 0 Å². The lowest BCUT2D eigenvalue weighted by molar-refractivity contribution is 0.0907. The molecule has 0 fully saturated rings. The second-order valence-electron chi connectivity index (χ2n) is 6.87. The van der Waals surface area contributed by atoms with Gasteiger partial charge in [0.15, 0.2) is 11.5 Å². The van der Waals surface area contributed by atoms with Gasteiger partial charge in [-0.1, -0.05) is 19.9 Å². The number of hydrogen-bond donors (Lipinski definition) is 1. The zero-order valence-electron chi connectivity index (χ0n) is 14.4. The van der Waals surface area contributed by atoms with Gasteiger partial charge in [-0.25, -0.2) is 4.98 Å². The molecule has 1 aliphatic rings. The third kappa shape index (κ3) is 3.53. The highest BCUT2D eigenvalue weighted by Crippen LogP contribution is 2.35. The Bertz CT molecular complexity index is 752. The van der Waals surface area contributed by atoms with Crippen LogP contribution in [0.15, 0.2) is 23.6 Å². The van der Waals surface area contributed by atoms with E-state index in [1.807, 2.05) is 37.4 Å². The molecule has 24 heavy (non-hydrogen) atoms. The van der Waals surface area contributed by atoms with Crippen molar-refractivity contribution in [2.75, 3.05) is 6.79 Å². The third-order valence-corrected chi connectivity index (χ3v) is 4.76. The van der Waals surface area contributed by atoms with Crippen LogP contribution in [-0.4, -0.2) is 17.7 Å². The molecule has 1 aromatic carbocycles. The monoisotopic (exact) mass is 346 g/mol. The SMILES string of the molecule is CC(C)Cc1nc(C(=O)NC(C)(C)c2ccc3c(c2)OCO3)cs1. The Balaban J connectivity index is 1.73. The van der Waals surface area contributed by atoms with Gasteiger partial charge in [0.1, 0.15) is 5.69 Å². The molecule has 6 heteroatoms. The largest absolute Gasteiger partial charge is 0.454 e. The van der Waals surface area contributed by atoms with Crippen LogP contribution in [0.1, 0.15) is 48.8 Å². The second-order valence-corrected chi connectivity index (χ2v) is 7.81. The van der Waals surface area contributed by atoms with Crippen LogP contribution in [0.5, 0.6) is 11.5 Å². The first-order valence-corrected chi connectivity index (χ1v) is 8.90. The summed E-state index contributed by atoms with van der Waals surface area (Å²) in [5.41, 5.74) is 0.891. The Kier molecular flexibility index (Phi) is 4.49. The van der Waals surface area contributed by atoms with E-state index in [9.17, 15) is 4.79 Å². The molecule has 1 N–H and O–H groups in total. The van der Waals surface area contributed by atoms with Gasteiger partial charge in [0.25, 0.3) is 5.91 Å². The van der Waals surface area contributed by atoms with Crippen LogP contribution in [0.3, 0.4) is 0 Å². The van der Waals surface area contributed by atoms with Gasteiger partial charge in [-0.3, -0.25) is 4.79 Å². The molecule has 0 saturated heterocycles. The van der Waals surface area contributed by atoms with E-state index >= 15 is 0 Å². The van der Waals surface area contributed by atoms with E-state index in [-0.39, 0.29) is 12.7 Å². The number of hydrogen-bond acceptors (Lipinski definition) is 5. The van der Waals surface area contributed by atoms with Gasteiger partial charge < -0.3 is 14.8 Å². The Morgan fingerprint density at radius 1 is 1.33 bits per heavy atom. The van der Waals surface area contributed by atoms with E-state index in [0.29, 0.717) is 17.4 Å². The molecule has 5 nitrogen and oxygen atoms in total. The van der Waals surface area contributed by atoms with Gasteiger partial charge in [0.05, 0.1) is 10.5 Å². The van der Waals surface area contributed by atoms with Crippen molar-refractivity contribution in [3.8, 4) is 11.5 Å². The summed E-state index contributed by atoms with van der Waals surface area (Å²) in [5.74, 6) is 1.81. The zero-order valence-corrected chi connectivity index (χ0v) is 15.2. The molecule has 0 unspecified atom stereocenters. The number of fused-ring (bicyclic) bond motifs is 1. The highest BCUT2D eigenvalue weighted by Gasteiger charge is 2.27. The first-order chi connectivity index (χ1) is 11.3. The highest BCUT2D eigenvalue weighted by atomic mass is 32.1. The van der Waals surface area contributed by atoms with E-state index in [1.165, 1.54) is 11.3 Å². The molecule has 2 heterocycles. The van der Waals surface area contributed by atoms with Crippen molar-refractivity contribution in [3.05, 3.63) is 39.8 Å². The molecule has 0 saturated carbocycles. The molecule has 1 amide bonds. The van der Waals surface area contributed by atoms with Crippen LogP contribution in [0.25, 0.3) is 0 Å². The standard InChI is InChI=1S/C18H22N2O3S/c1-11(2)7-16-19-13(9-24-16)17(21)20-18(3,4)12-5-6-14-15(8-12)23-10-22-14/h5-6,8-9,11H,7,10H2,1-4H3,(H,20,21). The summed E-state index contributed by atoms with van der Waals surface area (Å²) >= 11 is 1.54. The van der Waals surface area contributed by atoms with Crippen LogP contribution in [0, 0.1) is 5.92 Å². The maximum atomic E-state index is 12.5. The van der Waals surface area contributed by atoms with Crippen molar-refractivity contribution in [3.63, 3.8) is 0 Å². The van der Waals surface area contributed by atoms with Gasteiger partial charge in [-0.15, -0.1) is 11.3 Å². The van der Waals surface area contributed by atoms with E-state index in [4.69, 9.17) is 9.47 Å². The van der Waals surface area contributed by atoms with Crippen molar-refractivity contribution >= 4 is 17.2 Å². The van der Waals surface area contributed by atoms with Crippen LogP contribution < -0.4 is 14.8 Å². The average molecular weight is 346 g/mol. The maximum Gasteiger partial charge on any atom is 0.271 e. The number of nitrogens with one attached hydrogen (secondary N) is 1. The smallest absolute Gasteiger partial charge is 0.271 e. The minimum Gasteiger partial charge on any atom is -0.454 e. The van der Waals surface area contributed by atoms with Gasteiger partial charge >= 0.3 is 0 Å². The zero-order chi connectivity index (χ0) is 17.3. The quantitative estimate of drug-likeness (QED) is 0.896. The molecule has 0 bridgehead atoms. The average Bonchev–Trinajstić information content (AvgIpc) is 3.13. The molecular formula is C18H22N2O3S. The highest BCUT2D eigenvalue weighted by molar-refractivity contribution is 7.09. The minimum atomic E-state index is -0.542. The van der Waals surface area contributed by atoms with Crippen LogP contribution in [0.4, 0.5) is 0 Å². The molecule has 128 valence electrons. The fourth-order valence-corrected chi connectivity index (χ4v) is 3.55. The summed E-state index contributed by atoms with van der Waals surface area (Å²) in [7, 11) is 0. The van der Waals surface area contributed by atoms with E-state index < -0.39 is 5.54 Å². The van der Waals surface area contributed by atoms with Crippen molar-refractivity contribution in [1.29, 1.82) is 0 Å². The van der Waals surface area contributed by atoms with E-state index in [0.717, 1.165) is 22.7 Å². The van der Waals surface area contributed by atoms with Crippen molar-refractivity contribution in [1.82, 2.24) is 10.3 Å². The number of rotatable bonds is 5. The lowest BCUT2D eigenvalue weighted by atomic mass is 9.93. The van der Waals surface area contributed by atoms with Gasteiger partial charge in [0.2, 0.25) is 6.79 Å². The topological polar surface area (TPSA) is 60.5 Å². The summed E-state index contributed by atoms with van der Waals surface area (Å²) in [6.07, 6.45) is 0.892. The summed E-state index contributed by atoms with van der Waals surface area (Å²) in [6, 6.07) is 5.72. The number of carbonyl (C=O) groups is 1. The normalized spacial score (nSPS) is 13.4. The Hall–Kier alpha value is -2.08. The number of benzene rings is 1. The van der Waals surface area contributed by atoms with Gasteiger partial charge in [0, 0.05) is 11.8 Å². The predicted octanol–water partition coefficient (Wildman–Crippen LogP) is 3.74. The first kappa shape index (κ1) is 16.8. The summed E-state index contributed by atoms with van der Waals surface area (Å²) < 4.78 is 10.8. The number of aromatic nitrogens is 1. The molecule has 0 spiro atoms. The Morgan fingerprint density at radius 3 is 2.83 bits per heavy atom. The molecule has 1 aliphatic heterocycles. The predicted molar refractivity (Wildman–Crippen MR) is 93.7 cm³/mol. The molecule has 1 aromatic heterocycles. The number of thiazole rings is 1. The summed E-state index contributed by atoms with van der Waals surface area (Å²) in [6.45, 7) is 8.45. The first-order valence-electron chi connectivity index (χ1n) is 8.02. The van der Waals surface area contributed by atoms with Gasteiger partial charge in [-0.05, 0) is 37.5 Å². The Morgan fingerprint density at radius 2 is 2.08 bits per heavy atom. The number of nitrogens with zero attached hydrogens (tertiary/aromatic N) is 1. The summed E-state index contributed by atoms with van der Waals surface area (Å²) in [4.78, 5) is 17.0. The maximum absolute atomic E-state index is 12.5. The number of amides is 1. The fraction of sp³-hybridized carbons (Fsp3) is 0.444. The van der Waals surface area contributed by atoms with E-state index in [2.05, 4.69) is 24.1 Å². The molecular weight excluding hydrogens is 324 g/mol. The Labute approximate surface area is 146 Å². The molecule has 0 atom stereocenters. The number of ether oxygens (including phenoxy) is 2. The lowest BCUT2D eigenvalue weighted by Crippen LogP contribution is -2.41. The van der Waals surface area contributed by atoms with Gasteiger partial charge in [-0.2, -0.15) is 0 Å². The molecule has 3 rings (SSSR count). The minimum absolute atomic E-state index is 0.163. The molecule has 2 aromatic rings. The summed E-state index contributed by atoms with van der Waals surface area (Å²) in [5, 5.41) is 5.87. The molecule has 0 aliphatic carbocycles. The van der Waals surface area contributed by atoms with Crippen LogP contribution in [-0.2, 0) is 12.0 Å². The molecule has 0 radical (unpaired) electrons. The van der Waals surface area contributed by atoms with Crippen molar-refractivity contribution < 1.29 is 14.3 Å². The van der Waals surface area contributed by atoms with Crippen molar-refractivity contribution in [2.24, 2.45) is 5.92 Å². The van der Waals surface area contributed by atoms with E-state index in [1.54, 1.807) is 0 Å². The lowest BCUT2D eigenvalue weighted by Gasteiger charge is -2.26. The van der Waals surface area contributed by atoms with Crippen molar-refractivity contribution in [2.45, 2.75) is 39.7 Å². The number of carbonyl (C=O) groups excluding carboxylic acids is 1. The third-order valence-electron chi connectivity index (χ3n) is 3.89. The second kappa shape index (κ2) is 6.43. The van der Waals surface area contributed by atoms with Crippen LogP contribution >= 0.6 is 11.3 Å².